The number of ketones is 2. The molecule has 4 nitrogen and oxygen atoms in total. The van der Waals surface area contributed by atoms with E-state index in [-0.39, 0.29) is 36.9 Å². The molecule has 2 unspecified atom stereocenters. The largest absolute Gasteiger partial charge is 0.465 e. The molecule has 0 amide bonds. The maximum atomic E-state index is 11.8. The Morgan fingerprint density at radius 1 is 1.06 bits per heavy atom. The van der Waals surface area contributed by atoms with E-state index in [2.05, 4.69) is 0 Å². The van der Waals surface area contributed by atoms with E-state index < -0.39 is 11.9 Å². The van der Waals surface area contributed by atoms with Crippen molar-refractivity contribution in [2.45, 2.75) is 47.0 Å². The van der Waals surface area contributed by atoms with Crippen molar-refractivity contribution in [1.29, 1.82) is 0 Å². The van der Waals surface area contributed by atoms with Gasteiger partial charge in [-0.2, -0.15) is 0 Å². The normalized spacial score (nSPS) is 13.9. The van der Waals surface area contributed by atoms with E-state index >= 15 is 0 Å². The van der Waals surface area contributed by atoms with Crippen molar-refractivity contribution in [2.24, 2.45) is 11.8 Å². The zero-order valence-electron chi connectivity index (χ0n) is 11.1. The van der Waals surface area contributed by atoms with Crippen LogP contribution in [-0.2, 0) is 19.1 Å². The SMILES string of the molecule is CCOC(=O)C(CC(=O)C(C)CC)C(=O)CC. The molecule has 0 saturated carbocycles. The number of hydrogen-bond donors (Lipinski definition) is 0. The fraction of sp³-hybridized carbons (Fsp3) is 0.769. The van der Waals surface area contributed by atoms with Gasteiger partial charge in [-0.15, -0.1) is 0 Å². The molecule has 17 heavy (non-hydrogen) atoms. The quantitative estimate of drug-likeness (QED) is 0.483. The van der Waals surface area contributed by atoms with Gasteiger partial charge in [0.05, 0.1) is 6.61 Å². The maximum absolute atomic E-state index is 11.8. The molecule has 0 bridgehead atoms. The van der Waals surface area contributed by atoms with Crippen LogP contribution < -0.4 is 0 Å². The maximum Gasteiger partial charge on any atom is 0.316 e. The fourth-order valence-electron chi connectivity index (χ4n) is 1.45. The number of hydrogen-bond acceptors (Lipinski definition) is 4. The lowest BCUT2D eigenvalue weighted by atomic mass is 9.90. The van der Waals surface area contributed by atoms with Crippen LogP contribution in [0, 0.1) is 11.8 Å². The van der Waals surface area contributed by atoms with E-state index in [4.69, 9.17) is 4.74 Å². The molecule has 0 saturated heterocycles. The Kier molecular flexibility index (Phi) is 7.42. The second-order valence-corrected chi connectivity index (χ2v) is 4.10. The van der Waals surface area contributed by atoms with E-state index in [1.54, 1.807) is 20.8 Å². The predicted octanol–water partition coefficient (Wildman–Crippen LogP) is 2.15. The van der Waals surface area contributed by atoms with Crippen LogP contribution in [0.4, 0.5) is 0 Å². The first-order chi connectivity index (χ1) is 7.97. The highest BCUT2D eigenvalue weighted by Crippen LogP contribution is 2.15. The minimum atomic E-state index is -0.915. The van der Waals surface area contributed by atoms with Gasteiger partial charge in [-0.3, -0.25) is 14.4 Å². The van der Waals surface area contributed by atoms with E-state index in [1.165, 1.54) is 0 Å². The summed E-state index contributed by atoms with van der Waals surface area (Å²) in [6, 6.07) is 0. The third kappa shape index (κ3) is 5.11. The Bertz CT molecular complexity index is 283. The topological polar surface area (TPSA) is 60.4 Å². The van der Waals surface area contributed by atoms with Gasteiger partial charge in [0.15, 0.2) is 0 Å². The summed E-state index contributed by atoms with van der Waals surface area (Å²) in [5.74, 6) is -1.87. The van der Waals surface area contributed by atoms with Crippen LogP contribution in [0.2, 0.25) is 0 Å². The lowest BCUT2D eigenvalue weighted by molar-refractivity contribution is -0.153. The molecule has 98 valence electrons. The molecule has 0 aromatic carbocycles. The number of carbonyl (C=O) groups is 3. The van der Waals surface area contributed by atoms with Crippen LogP contribution in [0.1, 0.15) is 47.0 Å². The summed E-state index contributed by atoms with van der Waals surface area (Å²) in [7, 11) is 0. The van der Waals surface area contributed by atoms with Crippen molar-refractivity contribution in [3.8, 4) is 0 Å². The van der Waals surface area contributed by atoms with Crippen LogP contribution in [-0.4, -0.2) is 24.1 Å². The van der Waals surface area contributed by atoms with Gasteiger partial charge < -0.3 is 4.74 Å². The standard InChI is InChI=1S/C13H22O4/c1-5-9(4)12(15)8-10(11(14)6-2)13(16)17-7-3/h9-10H,5-8H2,1-4H3. The molecule has 0 radical (unpaired) electrons. The number of carbonyl (C=O) groups excluding carboxylic acids is 3. The molecule has 4 heteroatoms. The van der Waals surface area contributed by atoms with Gasteiger partial charge >= 0.3 is 5.97 Å². The van der Waals surface area contributed by atoms with Gasteiger partial charge in [0.2, 0.25) is 0 Å². The molecular formula is C13H22O4. The molecule has 0 aromatic rings. The van der Waals surface area contributed by atoms with Crippen molar-refractivity contribution in [1.82, 2.24) is 0 Å². The minimum absolute atomic E-state index is 0.0273. The molecule has 0 spiro atoms. The predicted molar refractivity (Wildman–Crippen MR) is 64.5 cm³/mol. The lowest BCUT2D eigenvalue weighted by Gasteiger charge is -2.15. The molecule has 0 fully saturated rings. The molecule has 2 atom stereocenters. The Labute approximate surface area is 103 Å². The van der Waals surface area contributed by atoms with E-state index in [1.807, 2.05) is 6.92 Å². The number of ether oxygens (including phenoxy) is 1. The molecule has 0 rings (SSSR count). The summed E-state index contributed by atoms with van der Waals surface area (Å²) < 4.78 is 4.83. The Morgan fingerprint density at radius 2 is 1.65 bits per heavy atom. The second kappa shape index (κ2) is 7.98. The number of esters is 1. The van der Waals surface area contributed by atoms with Gasteiger partial charge in [-0.25, -0.2) is 0 Å². The Balaban J connectivity index is 4.65. The first kappa shape index (κ1) is 15.8. The Hall–Kier alpha value is -1.19. The van der Waals surface area contributed by atoms with Gasteiger partial charge in [0.25, 0.3) is 0 Å². The average molecular weight is 242 g/mol. The number of Topliss-reactive ketones (excluding diaryl/α,β-unsaturated/α-hetero) is 2. The van der Waals surface area contributed by atoms with Gasteiger partial charge in [0, 0.05) is 18.8 Å². The van der Waals surface area contributed by atoms with Crippen LogP contribution in [0.25, 0.3) is 0 Å². The highest BCUT2D eigenvalue weighted by Gasteiger charge is 2.30. The molecule has 0 heterocycles. The van der Waals surface area contributed by atoms with Crippen LogP contribution in [0.3, 0.4) is 0 Å². The average Bonchev–Trinajstić information content (AvgIpc) is 2.33. The van der Waals surface area contributed by atoms with E-state index in [9.17, 15) is 14.4 Å². The molecule has 0 N–H and O–H groups in total. The van der Waals surface area contributed by atoms with E-state index in [0.29, 0.717) is 6.42 Å². The zero-order valence-corrected chi connectivity index (χ0v) is 11.1. The van der Waals surface area contributed by atoms with Gasteiger partial charge in [0.1, 0.15) is 17.5 Å². The Morgan fingerprint density at radius 3 is 2.06 bits per heavy atom. The third-order valence-corrected chi connectivity index (χ3v) is 2.88. The zero-order chi connectivity index (χ0) is 13.4. The summed E-state index contributed by atoms with van der Waals surface area (Å²) in [6.07, 6.45) is 0.937. The summed E-state index contributed by atoms with van der Waals surface area (Å²) in [5.41, 5.74) is 0. The van der Waals surface area contributed by atoms with Gasteiger partial charge in [-0.1, -0.05) is 20.8 Å². The summed E-state index contributed by atoms with van der Waals surface area (Å²) in [4.78, 5) is 35.0. The highest BCUT2D eigenvalue weighted by molar-refractivity contribution is 6.02. The molecule has 0 aliphatic carbocycles. The monoisotopic (exact) mass is 242 g/mol. The fourth-order valence-corrected chi connectivity index (χ4v) is 1.45. The first-order valence-corrected chi connectivity index (χ1v) is 6.19. The summed E-state index contributed by atoms with van der Waals surface area (Å²) >= 11 is 0. The van der Waals surface area contributed by atoms with Crippen molar-refractivity contribution >= 4 is 17.5 Å². The van der Waals surface area contributed by atoms with Crippen LogP contribution in [0.15, 0.2) is 0 Å². The molecule has 0 aromatic heterocycles. The molecule has 0 aliphatic heterocycles. The van der Waals surface area contributed by atoms with E-state index in [0.717, 1.165) is 0 Å². The van der Waals surface area contributed by atoms with Crippen molar-refractivity contribution < 1.29 is 19.1 Å². The van der Waals surface area contributed by atoms with Crippen molar-refractivity contribution in [2.75, 3.05) is 6.61 Å². The minimum Gasteiger partial charge on any atom is -0.465 e. The molecular weight excluding hydrogens is 220 g/mol. The summed E-state index contributed by atoms with van der Waals surface area (Å²) in [6.45, 7) is 7.30. The lowest BCUT2D eigenvalue weighted by Crippen LogP contribution is -2.29. The van der Waals surface area contributed by atoms with Crippen molar-refractivity contribution in [3.05, 3.63) is 0 Å². The third-order valence-electron chi connectivity index (χ3n) is 2.88. The second-order valence-electron chi connectivity index (χ2n) is 4.10. The summed E-state index contributed by atoms with van der Waals surface area (Å²) in [5, 5.41) is 0. The first-order valence-electron chi connectivity index (χ1n) is 6.19. The van der Waals surface area contributed by atoms with Crippen LogP contribution in [0.5, 0.6) is 0 Å². The smallest absolute Gasteiger partial charge is 0.316 e. The van der Waals surface area contributed by atoms with Gasteiger partial charge in [-0.05, 0) is 13.3 Å². The van der Waals surface area contributed by atoms with Crippen molar-refractivity contribution in [3.63, 3.8) is 0 Å². The highest BCUT2D eigenvalue weighted by atomic mass is 16.5. The number of rotatable bonds is 8. The molecule has 0 aliphatic rings. The van der Waals surface area contributed by atoms with Crippen LogP contribution >= 0.6 is 0 Å².